The van der Waals surface area contributed by atoms with Crippen LogP contribution in [0.2, 0.25) is 0 Å². The third kappa shape index (κ3) is 4.35. The average Bonchev–Trinajstić information content (AvgIpc) is 3.42. The lowest BCUT2D eigenvalue weighted by atomic mass is 10.1. The van der Waals surface area contributed by atoms with Crippen LogP contribution in [0.3, 0.4) is 0 Å². The third-order valence-electron chi connectivity index (χ3n) is 4.60. The number of nitrogens with one attached hydrogen (secondary N) is 2. The number of anilines is 1. The zero-order valence-electron chi connectivity index (χ0n) is 15.9. The number of rotatable bonds is 6. The van der Waals surface area contributed by atoms with Gasteiger partial charge in [-0.1, -0.05) is 18.7 Å². The zero-order chi connectivity index (χ0) is 20.2. The highest BCUT2D eigenvalue weighted by atomic mass is 16.2. The molecule has 0 saturated heterocycles. The van der Waals surface area contributed by atoms with Gasteiger partial charge in [-0.25, -0.2) is 9.78 Å². The van der Waals surface area contributed by atoms with E-state index >= 15 is 0 Å². The predicted molar refractivity (Wildman–Crippen MR) is 117 cm³/mol. The summed E-state index contributed by atoms with van der Waals surface area (Å²) in [6, 6.07) is 11.7. The SMILES string of the molecule is C=C(N=C/C=C\N)c1ccn2c(-c3cccc(NC(=O)NC4CC4)c3)cnc2c1. The minimum Gasteiger partial charge on any atom is -0.405 e. The molecule has 1 aliphatic carbocycles. The largest absolute Gasteiger partial charge is 0.405 e. The number of fused-ring (bicyclic) bond motifs is 1. The summed E-state index contributed by atoms with van der Waals surface area (Å²) in [5.41, 5.74) is 10.2. The summed E-state index contributed by atoms with van der Waals surface area (Å²) in [5.74, 6) is 0. The van der Waals surface area contributed by atoms with E-state index in [0.29, 0.717) is 11.7 Å². The lowest BCUT2D eigenvalue weighted by molar-refractivity contribution is 0.251. The maximum atomic E-state index is 12.0. The van der Waals surface area contributed by atoms with E-state index in [1.54, 1.807) is 12.3 Å². The van der Waals surface area contributed by atoms with Gasteiger partial charge >= 0.3 is 6.03 Å². The van der Waals surface area contributed by atoms with Crippen LogP contribution in [-0.4, -0.2) is 27.7 Å². The molecule has 1 aromatic carbocycles. The summed E-state index contributed by atoms with van der Waals surface area (Å²) < 4.78 is 1.99. The van der Waals surface area contributed by atoms with E-state index < -0.39 is 0 Å². The molecule has 4 rings (SSSR count). The number of aliphatic imine (C=N–C) groups is 1. The fourth-order valence-electron chi connectivity index (χ4n) is 2.97. The first kappa shape index (κ1) is 18.5. The van der Waals surface area contributed by atoms with Crippen molar-refractivity contribution in [2.75, 3.05) is 5.32 Å². The number of aromatic nitrogens is 2. The molecule has 7 heteroatoms. The van der Waals surface area contributed by atoms with Crippen molar-refractivity contribution in [3.63, 3.8) is 0 Å². The zero-order valence-corrected chi connectivity index (χ0v) is 15.9. The van der Waals surface area contributed by atoms with Crippen molar-refractivity contribution in [3.8, 4) is 11.3 Å². The predicted octanol–water partition coefficient (Wildman–Crippen LogP) is 3.80. The Labute approximate surface area is 168 Å². The van der Waals surface area contributed by atoms with Gasteiger partial charge in [-0.05, 0) is 49.4 Å². The Hall–Kier alpha value is -3.87. The van der Waals surface area contributed by atoms with E-state index in [1.807, 2.05) is 53.2 Å². The van der Waals surface area contributed by atoms with E-state index in [0.717, 1.165) is 41.0 Å². The Bertz CT molecular complexity index is 1120. The number of allylic oxidation sites excluding steroid dienone is 1. The highest BCUT2D eigenvalue weighted by Crippen LogP contribution is 2.26. The molecular formula is C22H22N6O. The van der Waals surface area contributed by atoms with E-state index in [9.17, 15) is 4.79 Å². The number of nitrogens with zero attached hydrogens (tertiary/aromatic N) is 3. The summed E-state index contributed by atoms with van der Waals surface area (Å²) in [4.78, 5) is 20.8. The number of carbonyl (C=O) groups excluding carboxylic acids is 1. The number of hydrogen-bond donors (Lipinski definition) is 3. The van der Waals surface area contributed by atoms with Crippen molar-refractivity contribution in [1.82, 2.24) is 14.7 Å². The topological polar surface area (TPSA) is 96.8 Å². The van der Waals surface area contributed by atoms with Gasteiger partial charge in [0.2, 0.25) is 0 Å². The molecule has 29 heavy (non-hydrogen) atoms. The van der Waals surface area contributed by atoms with Crippen molar-refractivity contribution < 1.29 is 4.79 Å². The van der Waals surface area contributed by atoms with Gasteiger partial charge in [-0.15, -0.1) is 0 Å². The summed E-state index contributed by atoms with van der Waals surface area (Å²) >= 11 is 0. The molecule has 2 heterocycles. The molecule has 0 unspecified atom stereocenters. The maximum absolute atomic E-state index is 12.0. The highest BCUT2D eigenvalue weighted by Gasteiger charge is 2.23. The fourth-order valence-corrected chi connectivity index (χ4v) is 2.97. The van der Waals surface area contributed by atoms with E-state index in [1.165, 1.54) is 6.20 Å². The number of hydrogen-bond acceptors (Lipinski definition) is 4. The smallest absolute Gasteiger partial charge is 0.319 e. The van der Waals surface area contributed by atoms with E-state index in [4.69, 9.17) is 5.73 Å². The second-order valence-corrected chi connectivity index (χ2v) is 6.85. The molecule has 1 fully saturated rings. The van der Waals surface area contributed by atoms with Crippen LogP contribution < -0.4 is 16.4 Å². The molecule has 4 N–H and O–H groups in total. The molecule has 7 nitrogen and oxygen atoms in total. The normalized spacial score (nSPS) is 13.9. The van der Waals surface area contributed by atoms with Crippen molar-refractivity contribution in [3.05, 3.63) is 73.2 Å². The van der Waals surface area contributed by atoms with Gasteiger partial charge in [0, 0.05) is 35.3 Å². The summed E-state index contributed by atoms with van der Waals surface area (Å²) in [5, 5.41) is 5.81. The van der Waals surface area contributed by atoms with Crippen molar-refractivity contribution in [2.24, 2.45) is 10.7 Å². The van der Waals surface area contributed by atoms with Crippen molar-refractivity contribution in [2.45, 2.75) is 18.9 Å². The van der Waals surface area contributed by atoms with Crippen molar-refractivity contribution >= 4 is 29.3 Å². The average molecular weight is 386 g/mol. The first-order valence-electron chi connectivity index (χ1n) is 9.39. The highest BCUT2D eigenvalue weighted by molar-refractivity contribution is 5.90. The van der Waals surface area contributed by atoms with E-state index in [-0.39, 0.29) is 6.03 Å². The van der Waals surface area contributed by atoms with Gasteiger partial charge in [0.05, 0.1) is 17.6 Å². The van der Waals surface area contributed by atoms with Crippen molar-refractivity contribution in [1.29, 1.82) is 0 Å². The molecule has 2 aromatic heterocycles. The summed E-state index contributed by atoms with van der Waals surface area (Å²) in [6.45, 7) is 3.98. The molecular weight excluding hydrogens is 364 g/mol. The number of carbonyl (C=O) groups is 1. The monoisotopic (exact) mass is 386 g/mol. The Morgan fingerprint density at radius 2 is 2.17 bits per heavy atom. The van der Waals surface area contributed by atoms with Gasteiger partial charge in [-0.3, -0.25) is 9.39 Å². The molecule has 2 amide bonds. The minimum atomic E-state index is -0.170. The van der Waals surface area contributed by atoms with Crippen LogP contribution in [0.5, 0.6) is 0 Å². The molecule has 3 aromatic rings. The summed E-state index contributed by atoms with van der Waals surface area (Å²) in [7, 11) is 0. The molecule has 0 atom stereocenters. The fraction of sp³-hybridized carbons (Fsp3) is 0.136. The maximum Gasteiger partial charge on any atom is 0.319 e. The number of amides is 2. The second-order valence-electron chi connectivity index (χ2n) is 6.85. The number of benzene rings is 1. The lowest BCUT2D eigenvalue weighted by Crippen LogP contribution is -2.30. The van der Waals surface area contributed by atoms with Crippen LogP contribution in [0.25, 0.3) is 22.6 Å². The van der Waals surface area contributed by atoms with E-state index in [2.05, 4.69) is 27.2 Å². The molecule has 1 aliphatic rings. The third-order valence-corrected chi connectivity index (χ3v) is 4.60. The van der Waals surface area contributed by atoms with Crippen LogP contribution in [0.1, 0.15) is 18.4 Å². The second kappa shape index (κ2) is 8.02. The standard InChI is InChI=1S/C22H22N6O/c1-15(24-10-3-9-23)16-8-11-28-20(14-25-21(28)13-16)17-4-2-5-19(12-17)27-22(29)26-18-6-7-18/h2-5,8-14,18H,1,6-7,23H2,(H2,26,27,29)/b9-3-,24-10?. The Kier molecular flexibility index (Phi) is 5.11. The van der Waals surface area contributed by atoms with Crippen LogP contribution in [0.4, 0.5) is 10.5 Å². The molecule has 146 valence electrons. The Balaban J connectivity index is 1.57. The van der Waals surface area contributed by atoms with Gasteiger partial charge in [0.15, 0.2) is 0 Å². The molecule has 0 aliphatic heterocycles. The number of nitrogens with two attached hydrogens (primary N) is 1. The van der Waals surface area contributed by atoms with Crippen LogP contribution >= 0.6 is 0 Å². The quantitative estimate of drug-likeness (QED) is 0.562. The first-order valence-corrected chi connectivity index (χ1v) is 9.39. The molecule has 0 radical (unpaired) electrons. The number of urea groups is 1. The molecule has 0 spiro atoms. The van der Waals surface area contributed by atoms with Gasteiger partial charge in [0.1, 0.15) is 5.65 Å². The molecule has 1 saturated carbocycles. The van der Waals surface area contributed by atoms with Crippen LogP contribution in [-0.2, 0) is 0 Å². The first-order chi connectivity index (χ1) is 14.1. The van der Waals surface area contributed by atoms with Crippen LogP contribution in [0.15, 0.2) is 72.6 Å². The Morgan fingerprint density at radius 3 is 2.97 bits per heavy atom. The minimum absolute atomic E-state index is 0.170. The van der Waals surface area contributed by atoms with Gasteiger partial charge in [-0.2, -0.15) is 0 Å². The van der Waals surface area contributed by atoms with Crippen LogP contribution in [0, 0.1) is 0 Å². The molecule has 0 bridgehead atoms. The number of imidazole rings is 1. The summed E-state index contributed by atoms with van der Waals surface area (Å²) in [6.07, 6.45) is 10.5. The van der Waals surface area contributed by atoms with Gasteiger partial charge < -0.3 is 16.4 Å². The lowest BCUT2D eigenvalue weighted by Gasteiger charge is -2.09. The Morgan fingerprint density at radius 1 is 1.31 bits per heavy atom. The van der Waals surface area contributed by atoms with Gasteiger partial charge in [0.25, 0.3) is 0 Å². The number of pyridine rings is 1.